The molecule has 0 amide bonds. The Morgan fingerprint density at radius 1 is 1.00 bits per heavy atom. The molecule has 0 fully saturated rings. The van der Waals surface area contributed by atoms with Crippen LogP contribution in [0.25, 0.3) is 0 Å². The molecule has 2 aromatic rings. The van der Waals surface area contributed by atoms with Gasteiger partial charge in [0.25, 0.3) is 0 Å². The van der Waals surface area contributed by atoms with E-state index in [-0.39, 0.29) is 5.78 Å². The second kappa shape index (κ2) is 4.93. The fraction of sp³-hybridized carbons (Fsp3) is 0.133. The summed E-state index contributed by atoms with van der Waals surface area (Å²) >= 11 is 15.7. The lowest BCUT2D eigenvalue weighted by Gasteiger charge is -2.08. The highest BCUT2D eigenvalue weighted by Crippen LogP contribution is 2.34. The zero-order chi connectivity index (χ0) is 13.6. The van der Waals surface area contributed by atoms with Crippen molar-refractivity contribution in [2.45, 2.75) is 12.8 Å². The van der Waals surface area contributed by atoms with Crippen LogP contribution >= 0.6 is 39.1 Å². The molecule has 0 N–H and O–H groups in total. The van der Waals surface area contributed by atoms with Gasteiger partial charge in [0.05, 0.1) is 10.0 Å². The molecule has 1 aliphatic carbocycles. The SMILES string of the molecule is O=C1c2cc(Br)ccc2CCc2c1ccc(Cl)c2Cl. The fourth-order valence-corrected chi connectivity index (χ4v) is 3.23. The Hall–Kier alpha value is -0.830. The van der Waals surface area contributed by atoms with E-state index in [2.05, 4.69) is 15.9 Å². The highest BCUT2D eigenvalue weighted by Gasteiger charge is 2.23. The van der Waals surface area contributed by atoms with E-state index in [0.29, 0.717) is 15.6 Å². The molecule has 0 atom stereocenters. The molecular weight excluding hydrogens is 347 g/mol. The molecule has 0 radical (unpaired) electrons. The van der Waals surface area contributed by atoms with Gasteiger partial charge in [0.1, 0.15) is 0 Å². The van der Waals surface area contributed by atoms with Crippen LogP contribution in [0.15, 0.2) is 34.8 Å². The van der Waals surface area contributed by atoms with Gasteiger partial charge >= 0.3 is 0 Å². The van der Waals surface area contributed by atoms with Crippen LogP contribution in [0, 0.1) is 0 Å². The smallest absolute Gasteiger partial charge is 0.193 e. The van der Waals surface area contributed by atoms with E-state index in [1.165, 1.54) is 0 Å². The fourth-order valence-electron chi connectivity index (χ4n) is 2.43. The standard InChI is InChI=1S/C15H9BrCl2O/c16-9-3-1-8-2-4-10-11(15(19)12(8)7-9)5-6-13(17)14(10)18/h1,3,5-7H,2,4H2. The van der Waals surface area contributed by atoms with Crippen molar-refractivity contribution in [1.82, 2.24) is 0 Å². The molecule has 0 heterocycles. The lowest BCUT2D eigenvalue weighted by molar-refractivity contribution is 0.103. The van der Waals surface area contributed by atoms with Gasteiger partial charge in [0.15, 0.2) is 5.78 Å². The normalized spacial score (nSPS) is 13.7. The maximum Gasteiger partial charge on any atom is 0.193 e. The van der Waals surface area contributed by atoms with Crippen LogP contribution in [-0.4, -0.2) is 5.78 Å². The molecule has 0 saturated heterocycles. The molecule has 0 bridgehead atoms. The molecule has 1 aliphatic rings. The summed E-state index contributed by atoms with van der Waals surface area (Å²) in [4.78, 5) is 12.6. The number of carbonyl (C=O) groups is 1. The molecule has 2 aromatic carbocycles. The number of ketones is 1. The van der Waals surface area contributed by atoms with Crippen LogP contribution in [0.3, 0.4) is 0 Å². The maximum atomic E-state index is 12.6. The first-order valence-corrected chi connectivity index (χ1v) is 7.43. The number of rotatable bonds is 0. The van der Waals surface area contributed by atoms with Gasteiger partial charge in [-0.1, -0.05) is 45.2 Å². The molecule has 4 heteroatoms. The molecular formula is C15H9BrCl2O. The minimum Gasteiger partial charge on any atom is -0.289 e. The molecule has 1 nitrogen and oxygen atoms in total. The van der Waals surface area contributed by atoms with Crippen LogP contribution in [0.1, 0.15) is 27.0 Å². The van der Waals surface area contributed by atoms with Crippen molar-refractivity contribution in [3.63, 3.8) is 0 Å². The topological polar surface area (TPSA) is 17.1 Å². The monoisotopic (exact) mass is 354 g/mol. The first-order chi connectivity index (χ1) is 9.08. The highest BCUT2D eigenvalue weighted by molar-refractivity contribution is 9.10. The first kappa shape index (κ1) is 13.2. The van der Waals surface area contributed by atoms with Crippen LogP contribution in [0.5, 0.6) is 0 Å². The molecule has 0 unspecified atom stereocenters. The van der Waals surface area contributed by atoms with E-state index in [1.807, 2.05) is 18.2 Å². The van der Waals surface area contributed by atoms with Crippen molar-refractivity contribution >= 4 is 44.9 Å². The number of carbonyl (C=O) groups excluding carboxylic acids is 1. The van der Waals surface area contributed by atoms with Gasteiger partial charge in [-0.25, -0.2) is 0 Å². The predicted molar refractivity (Wildman–Crippen MR) is 81.4 cm³/mol. The lowest BCUT2D eigenvalue weighted by Crippen LogP contribution is -2.04. The van der Waals surface area contributed by atoms with Gasteiger partial charge < -0.3 is 0 Å². The third-order valence-corrected chi connectivity index (χ3v) is 4.74. The van der Waals surface area contributed by atoms with Crippen molar-refractivity contribution in [2.75, 3.05) is 0 Å². The molecule has 96 valence electrons. The third kappa shape index (κ3) is 2.22. The van der Waals surface area contributed by atoms with Crippen LogP contribution in [0.4, 0.5) is 0 Å². The second-order valence-corrected chi connectivity index (χ2v) is 6.22. The highest BCUT2D eigenvalue weighted by atomic mass is 79.9. The molecule has 0 aliphatic heterocycles. The Kier molecular flexibility index (Phi) is 3.42. The number of benzene rings is 2. The van der Waals surface area contributed by atoms with Crippen LogP contribution in [-0.2, 0) is 12.8 Å². The minimum atomic E-state index is 0.0161. The molecule has 3 rings (SSSR count). The lowest BCUT2D eigenvalue weighted by atomic mass is 9.99. The largest absolute Gasteiger partial charge is 0.289 e. The van der Waals surface area contributed by atoms with Gasteiger partial charge in [0, 0.05) is 15.6 Å². The van der Waals surface area contributed by atoms with Crippen molar-refractivity contribution < 1.29 is 4.79 Å². The summed E-state index contributed by atoms with van der Waals surface area (Å²) in [6.45, 7) is 0. The minimum absolute atomic E-state index is 0.0161. The van der Waals surface area contributed by atoms with Crippen LogP contribution in [0.2, 0.25) is 10.0 Å². The quantitative estimate of drug-likeness (QED) is 0.643. The first-order valence-electron chi connectivity index (χ1n) is 5.88. The van der Waals surface area contributed by atoms with Crippen molar-refractivity contribution in [2.24, 2.45) is 0 Å². The van der Waals surface area contributed by atoms with E-state index in [1.54, 1.807) is 12.1 Å². The van der Waals surface area contributed by atoms with Gasteiger partial charge in [0.2, 0.25) is 0 Å². The maximum absolute atomic E-state index is 12.6. The van der Waals surface area contributed by atoms with Gasteiger partial charge in [-0.3, -0.25) is 4.79 Å². The summed E-state index contributed by atoms with van der Waals surface area (Å²) in [7, 11) is 0. The summed E-state index contributed by atoms with van der Waals surface area (Å²) in [6.07, 6.45) is 1.52. The summed E-state index contributed by atoms with van der Waals surface area (Å²) < 4.78 is 0.906. The zero-order valence-electron chi connectivity index (χ0n) is 9.84. The Morgan fingerprint density at radius 3 is 2.58 bits per heavy atom. The number of halogens is 3. The van der Waals surface area contributed by atoms with Gasteiger partial charge in [-0.2, -0.15) is 0 Å². The summed E-state index contributed by atoms with van der Waals surface area (Å²) in [5, 5.41) is 1.000. The Bertz CT molecular complexity index is 695. The van der Waals surface area contributed by atoms with E-state index in [9.17, 15) is 4.79 Å². The van der Waals surface area contributed by atoms with E-state index >= 15 is 0 Å². The summed E-state index contributed by atoms with van der Waals surface area (Å²) in [5.74, 6) is 0.0161. The number of aryl methyl sites for hydroxylation is 1. The van der Waals surface area contributed by atoms with Gasteiger partial charge in [-0.05, 0) is 48.2 Å². The van der Waals surface area contributed by atoms with Gasteiger partial charge in [-0.15, -0.1) is 0 Å². The van der Waals surface area contributed by atoms with E-state index in [0.717, 1.165) is 34.0 Å². The van der Waals surface area contributed by atoms with E-state index in [4.69, 9.17) is 23.2 Å². The average Bonchev–Trinajstić information content (AvgIpc) is 2.53. The Labute approximate surface area is 129 Å². The number of fused-ring (bicyclic) bond motifs is 2. The van der Waals surface area contributed by atoms with E-state index < -0.39 is 0 Å². The molecule has 19 heavy (non-hydrogen) atoms. The third-order valence-electron chi connectivity index (χ3n) is 3.40. The number of hydrogen-bond acceptors (Lipinski definition) is 1. The number of hydrogen-bond donors (Lipinski definition) is 0. The molecule has 0 saturated carbocycles. The average molecular weight is 356 g/mol. The van der Waals surface area contributed by atoms with Crippen molar-refractivity contribution in [1.29, 1.82) is 0 Å². The Balaban J connectivity index is 2.24. The van der Waals surface area contributed by atoms with Crippen molar-refractivity contribution in [3.8, 4) is 0 Å². The van der Waals surface area contributed by atoms with Crippen LogP contribution < -0.4 is 0 Å². The zero-order valence-corrected chi connectivity index (χ0v) is 12.9. The second-order valence-electron chi connectivity index (χ2n) is 4.52. The van der Waals surface area contributed by atoms with Crippen molar-refractivity contribution in [3.05, 3.63) is 67.1 Å². The Morgan fingerprint density at radius 2 is 1.79 bits per heavy atom. The predicted octanol–water partition coefficient (Wildman–Crippen LogP) is 5.09. The molecule has 0 spiro atoms. The summed E-state index contributed by atoms with van der Waals surface area (Å²) in [6, 6.07) is 9.26. The summed E-state index contributed by atoms with van der Waals surface area (Å²) in [5.41, 5.74) is 3.31. The molecule has 0 aromatic heterocycles.